The Kier molecular flexibility index (Phi) is 6.01. The van der Waals surface area contributed by atoms with Crippen molar-refractivity contribution < 1.29 is 14.3 Å². The molecule has 5 nitrogen and oxygen atoms in total. The zero-order chi connectivity index (χ0) is 19.2. The first-order chi connectivity index (χ1) is 13.1. The number of hydrogen-bond donors (Lipinski definition) is 3. The van der Waals surface area contributed by atoms with Gasteiger partial charge in [0.05, 0.1) is 0 Å². The highest BCUT2D eigenvalue weighted by molar-refractivity contribution is 7.80. The molecular weight excluding hydrogens is 360 g/mol. The molecular formula is C21H20N2O3S. The molecule has 1 heterocycles. The van der Waals surface area contributed by atoms with E-state index in [1.165, 1.54) is 5.56 Å². The van der Waals surface area contributed by atoms with Crippen LogP contribution in [0.5, 0.6) is 0 Å². The Morgan fingerprint density at radius 1 is 1.04 bits per heavy atom. The zero-order valence-corrected chi connectivity index (χ0v) is 15.7. The van der Waals surface area contributed by atoms with Crippen LogP contribution in [-0.4, -0.2) is 16.1 Å². The van der Waals surface area contributed by atoms with Crippen molar-refractivity contribution >= 4 is 28.9 Å². The monoisotopic (exact) mass is 380 g/mol. The molecule has 0 aliphatic carbocycles. The summed E-state index contributed by atoms with van der Waals surface area (Å²) in [4.78, 5) is 12.2. The molecule has 6 heteroatoms. The van der Waals surface area contributed by atoms with E-state index in [0.29, 0.717) is 17.1 Å². The minimum absolute atomic E-state index is 0.130. The molecule has 0 radical (unpaired) electrons. The number of nitrogens with one attached hydrogen (secondary N) is 2. The maximum atomic E-state index is 12.2. The number of aryl methyl sites for hydroxylation is 1. The Hall–Kier alpha value is -2.96. The number of hydrogen-bond acceptors (Lipinski definition) is 4. The van der Waals surface area contributed by atoms with Crippen molar-refractivity contribution in [1.82, 2.24) is 5.32 Å². The van der Waals surface area contributed by atoms with Gasteiger partial charge in [0.15, 0.2) is 5.11 Å². The lowest BCUT2D eigenvalue weighted by molar-refractivity contribution is 0.0977. The maximum Gasteiger partial charge on any atom is 0.257 e. The number of aliphatic hydroxyl groups excluding tert-OH is 1. The molecule has 2 aromatic carbocycles. The van der Waals surface area contributed by atoms with Crippen molar-refractivity contribution in [2.24, 2.45) is 0 Å². The molecule has 0 fully saturated rings. The van der Waals surface area contributed by atoms with Crippen LogP contribution >= 0.6 is 12.2 Å². The summed E-state index contributed by atoms with van der Waals surface area (Å²) in [6.07, 6.45) is 0.928. The van der Waals surface area contributed by atoms with Gasteiger partial charge in [0.1, 0.15) is 18.1 Å². The van der Waals surface area contributed by atoms with E-state index in [0.717, 1.165) is 17.7 Å². The molecule has 1 amide bonds. The van der Waals surface area contributed by atoms with E-state index in [1.54, 1.807) is 18.2 Å². The smallest absolute Gasteiger partial charge is 0.257 e. The van der Waals surface area contributed by atoms with Gasteiger partial charge in [0, 0.05) is 16.8 Å². The quantitative estimate of drug-likeness (QED) is 0.581. The number of furan rings is 1. The molecule has 3 rings (SSSR count). The number of thiocarbonyl (C=S) groups is 1. The topological polar surface area (TPSA) is 74.5 Å². The van der Waals surface area contributed by atoms with E-state index in [2.05, 4.69) is 17.6 Å². The summed E-state index contributed by atoms with van der Waals surface area (Å²) in [7, 11) is 0. The highest BCUT2D eigenvalue weighted by atomic mass is 32.1. The molecule has 0 bridgehead atoms. The van der Waals surface area contributed by atoms with E-state index in [-0.39, 0.29) is 17.6 Å². The SMILES string of the molecule is CCc1ccc(C(=O)NC(=S)Nc2ccc(-c3ccc(CO)o3)cc2)cc1. The summed E-state index contributed by atoms with van der Waals surface area (Å²) in [6, 6.07) is 18.4. The fourth-order valence-electron chi connectivity index (χ4n) is 2.57. The van der Waals surface area contributed by atoms with Crippen molar-refractivity contribution in [2.75, 3.05) is 5.32 Å². The molecule has 3 N–H and O–H groups in total. The van der Waals surface area contributed by atoms with Crippen LogP contribution in [0.1, 0.15) is 28.6 Å². The Bertz CT molecular complexity index is 931. The Balaban J connectivity index is 1.59. The van der Waals surface area contributed by atoms with Crippen LogP contribution in [0.25, 0.3) is 11.3 Å². The third-order valence-corrected chi connectivity index (χ3v) is 4.30. The van der Waals surface area contributed by atoms with E-state index >= 15 is 0 Å². The van der Waals surface area contributed by atoms with Crippen molar-refractivity contribution in [2.45, 2.75) is 20.0 Å². The molecule has 138 valence electrons. The standard InChI is InChI=1S/C21H20N2O3S/c1-2-14-3-5-16(6-4-14)20(25)23-21(27)22-17-9-7-15(8-10-17)19-12-11-18(13-24)26-19/h3-12,24H,2,13H2,1H3,(H2,22,23,25,27). The summed E-state index contributed by atoms with van der Waals surface area (Å²) >= 11 is 5.22. The highest BCUT2D eigenvalue weighted by Gasteiger charge is 2.09. The number of aliphatic hydroxyl groups is 1. The third-order valence-electron chi connectivity index (χ3n) is 4.10. The van der Waals surface area contributed by atoms with Crippen molar-refractivity contribution in [1.29, 1.82) is 0 Å². The van der Waals surface area contributed by atoms with Gasteiger partial charge in [-0.2, -0.15) is 0 Å². The normalized spacial score (nSPS) is 10.4. The fourth-order valence-corrected chi connectivity index (χ4v) is 2.78. The van der Waals surface area contributed by atoms with E-state index in [4.69, 9.17) is 21.7 Å². The molecule has 0 unspecified atom stereocenters. The Labute approximate surface area is 163 Å². The third kappa shape index (κ3) is 4.81. The summed E-state index contributed by atoms with van der Waals surface area (Å²) in [6.45, 7) is 1.94. The lowest BCUT2D eigenvalue weighted by Crippen LogP contribution is -2.34. The van der Waals surface area contributed by atoms with Gasteiger partial charge in [0.25, 0.3) is 5.91 Å². The van der Waals surface area contributed by atoms with E-state index < -0.39 is 0 Å². The lowest BCUT2D eigenvalue weighted by atomic mass is 10.1. The van der Waals surface area contributed by atoms with Gasteiger partial charge in [-0.3, -0.25) is 10.1 Å². The van der Waals surface area contributed by atoms with Gasteiger partial charge >= 0.3 is 0 Å². The van der Waals surface area contributed by atoms with Crippen LogP contribution in [0.4, 0.5) is 5.69 Å². The zero-order valence-electron chi connectivity index (χ0n) is 14.9. The molecule has 27 heavy (non-hydrogen) atoms. The Morgan fingerprint density at radius 3 is 2.33 bits per heavy atom. The number of rotatable bonds is 5. The second-order valence-corrected chi connectivity index (χ2v) is 6.37. The van der Waals surface area contributed by atoms with Crippen LogP contribution in [0.3, 0.4) is 0 Å². The number of carbonyl (C=O) groups is 1. The molecule has 1 aromatic heterocycles. The second kappa shape index (κ2) is 8.62. The molecule has 3 aromatic rings. The largest absolute Gasteiger partial charge is 0.459 e. The van der Waals surface area contributed by atoms with Crippen LogP contribution in [0.15, 0.2) is 65.1 Å². The highest BCUT2D eigenvalue weighted by Crippen LogP contribution is 2.23. The molecule has 0 spiro atoms. The van der Waals surface area contributed by atoms with Crippen molar-refractivity contribution in [3.05, 3.63) is 77.6 Å². The summed E-state index contributed by atoms with van der Waals surface area (Å²) in [5.41, 5.74) is 3.37. The fraction of sp³-hybridized carbons (Fsp3) is 0.143. The summed E-state index contributed by atoms with van der Waals surface area (Å²) in [5.74, 6) is 0.943. The first kappa shape index (κ1) is 18.8. The minimum Gasteiger partial charge on any atom is -0.459 e. The average Bonchev–Trinajstić information content (AvgIpc) is 3.18. The Morgan fingerprint density at radius 2 is 1.74 bits per heavy atom. The first-order valence-electron chi connectivity index (χ1n) is 8.60. The maximum absolute atomic E-state index is 12.2. The van der Waals surface area contributed by atoms with Crippen LogP contribution in [-0.2, 0) is 13.0 Å². The van der Waals surface area contributed by atoms with Gasteiger partial charge < -0.3 is 14.8 Å². The molecule has 0 aliphatic heterocycles. The number of anilines is 1. The van der Waals surface area contributed by atoms with Gasteiger partial charge in [-0.1, -0.05) is 19.1 Å². The summed E-state index contributed by atoms with van der Waals surface area (Å²) in [5, 5.41) is 15.0. The molecule has 0 atom stereocenters. The van der Waals surface area contributed by atoms with Crippen molar-refractivity contribution in [3.63, 3.8) is 0 Å². The van der Waals surface area contributed by atoms with Gasteiger partial charge in [-0.05, 0) is 72.7 Å². The first-order valence-corrected chi connectivity index (χ1v) is 9.01. The van der Waals surface area contributed by atoms with Gasteiger partial charge in [-0.25, -0.2) is 0 Å². The number of carbonyl (C=O) groups excluding carboxylic acids is 1. The molecule has 0 aliphatic rings. The summed E-state index contributed by atoms with van der Waals surface area (Å²) < 4.78 is 5.50. The minimum atomic E-state index is -0.251. The molecule has 0 saturated carbocycles. The predicted octanol–water partition coefficient (Wildman–Crippen LogP) is 4.13. The van der Waals surface area contributed by atoms with Crippen molar-refractivity contribution in [3.8, 4) is 11.3 Å². The van der Waals surface area contributed by atoms with Crippen LogP contribution < -0.4 is 10.6 Å². The van der Waals surface area contributed by atoms with E-state index in [9.17, 15) is 4.79 Å². The van der Waals surface area contributed by atoms with E-state index in [1.807, 2.05) is 42.5 Å². The van der Waals surface area contributed by atoms with Gasteiger partial charge in [0.2, 0.25) is 0 Å². The second-order valence-electron chi connectivity index (χ2n) is 5.96. The van der Waals surface area contributed by atoms with Crippen LogP contribution in [0, 0.1) is 0 Å². The van der Waals surface area contributed by atoms with Crippen LogP contribution in [0.2, 0.25) is 0 Å². The number of benzene rings is 2. The van der Waals surface area contributed by atoms with Gasteiger partial charge in [-0.15, -0.1) is 0 Å². The number of amides is 1. The predicted molar refractivity (Wildman–Crippen MR) is 110 cm³/mol. The average molecular weight is 380 g/mol. The molecule has 0 saturated heterocycles. The lowest BCUT2D eigenvalue weighted by Gasteiger charge is -2.10.